The maximum Gasteiger partial charge on any atom is 0.223 e. The summed E-state index contributed by atoms with van der Waals surface area (Å²) in [5.41, 5.74) is 6.13. The molecule has 0 aromatic heterocycles. The molecule has 4 heteroatoms. The molecule has 4 N–H and O–H groups in total. The van der Waals surface area contributed by atoms with Crippen LogP contribution in [-0.4, -0.2) is 17.6 Å². The van der Waals surface area contributed by atoms with Gasteiger partial charge in [-0.3, -0.25) is 4.79 Å². The third-order valence-electron chi connectivity index (χ3n) is 2.73. The summed E-state index contributed by atoms with van der Waals surface area (Å²) in [6, 6.07) is 6.99. The third kappa shape index (κ3) is 4.44. The summed E-state index contributed by atoms with van der Waals surface area (Å²) < 4.78 is 0. The van der Waals surface area contributed by atoms with Gasteiger partial charge in [-0.15, -0.1) is 0 Å². The Morgan fingerprint density at radius 3 is 2.82 bits per heavy atom. The molecule has 94 valence electrons. The first-order chi connectivity index (χ1) is 8.15. The Morgan fingerprint density at radius 2 is 2.18 bits per heavy atom. The number of carbonyl (C=O) groups excluding carboxylic acids is 1. The lowest BCUT2D eigenvalue weighted by molar-refractivity contribution is -0.124. The second-order valence-corrected chi connectivity index (χ2v) is 4.18. The fourth-order valence-electron chi connectivity index (χ4n) is 1.57. The number of aromatic hydroxyl groups is 1. The second kappa shape index (κ2) is 6.91. The van der Waals surface area contributed by atoms with Crippen LogP contribution in [0.25, 0.3) is 0 Å². The number of phenolic OH excluding ortho intramolecular Hbond substituents is 1. The molecule has 1 aromatic carbocycles. The van der Waals surface area contributed by atoms with Crippen molar-refractivity contribution in [2.24, 2.45) is 11.7 Å². The van der Waals surface area contributed by atoms with E-state index in [4.69, 9.17) is 5.73 Å². The van der Waals surface area contributed by atoms with Gasteiger partial charge in [0, 0.05) is 18.0 Å². The molecule has 0 fully saturated rings. The topological polar surface area (TPSA) is 75.4 Å². The van der Waals surface area contributed by atoms with Gasteiger partial charge in [0.15, 0.2) is 0 Å². The summed E-state index contributed by atoms with van der Waals surface area (Å²) in [7, 11) is 0. The summed E-state index contributed by atoms with van der Waals surface area (Å²) >= 11 is 0. The maximum absolute atomic E-state index is 11.7. The molecule has 0 aliphatic rings. The zero-order valence-electron chi connectivity index (χ0n) is 10.1. The van der Waals surface area contributed by atoms with Crippen LogP contribution in [0, 0.1) is 5.92 Å². The molecular weight excluding hydrogens is 216 g/mol. The van der Waals surface area contributed by atoms with E-state index in [0.717, 1.165) is 18.4 Å². The van der Waals surface area contributed by atoms with E-state index in [1.807, 2.05) is 13.0 Å². The fraction of sp³-hybridized carbons (Fsp3) is 0.462. The zero-order valence-corrected chi connectivity index (χ0v) is 10.1. The number of benzene rings is 1. The van der Waals surface area contributed by atoms with Gasteiger partial charge in [0.2, 0.25) is 5.91 Å². The highest BCUT2D eigenvalue weighted by Gasteiger charge is 2.12. The van der Waals surface area contributed by atoms with E-state index < -0.39 is 0 Å². The molecule has 0 spiro atoms. The van der Waals surface area contributed by atoms with Crippen molar-refractivity contribution in [1.29, 1.82) is 0 Å². The van der Waals surface area contributed by atoms with Gasteiger partial charge >= 0.3 is 0 Å². The van der Waals surface area contributed by atoms with Crippen LogP contribution >= 0.6 is 0 Å². The van der Waals surface area contributed by atoms with E-state index in [1.54, 1.807) is 18.2 Å². The van der Waals surface area contributed by atoms with Gasteiger partial charge in [0.25, 0.3) is 0 Å². The Bertz CT molecular complexity index is 366. The van der Waals surface area contributed by atoms with Crippen molar-refractivity contribution in [1.82, 2.24) is 5.32 Å². The minimum absolute atomic E-state index is 0.00158. The van der Waals surface area contributed by atoms with Crippen LogP contribution < -0.4 is 11.1 Å². The molecule has 1 atom stereocenters. The smallest absolute Gasteiger partial charge is 0.223 e. The van der Waals surface area contributed by atoms with Crippen LogP contribution in [0.4, 0.5) is 0 Å². The molecule has 0 aliphatic carbocycles. The van der Waals surface area contributed by atoms with Gasteiger partial charge in [-0.2, -0.15) is 0 Å². The van der Waals surface area contributed by atoms with Crippen molar-refractivity contribution >= 4 is 5.91 Å². The molecule has 0 heterocycles. The molecule has 0 aliphatic heterocycles. The van der Waals surface area contributed by atoms with Crippen LogP contribution in [0.15, 0.2) is 24.3 Å². The molecule has 0 saturated carbocycles. The van der Waals surface area contributed by atoms with Crippen LogP contribution in [-0.2, 0) is 11.3 Å². The molecule has 1 amide bonds. The number of hydrogen-bond donors (Lipinski definition) is 3. The predicted octanol–water partition coefficient (Wildman–Crippen LogP) is 1.38. The van der Waals surface area contributed by atoms with Crippen molar-refractivity contribution in [3.63, 3.8) is 0 Å². The Balaban J connectivity index is 2.40. The normalized spacial score (nSPS) is 12.1. The van der Waals surface area contributed by atoms with Gasteiger partial charge in [0.1, 0.15) is 5.75 Å². The van der Waals surface area contributed by atoms with Gasteiger partial charge in [-0.05, 0) is 25.5 Å². The predicted molar refractivity (Wildman–Crippen MR) is 67.4 cm³/mol. The molecule has 0 bridgehead atoms. The van der Waals surface area contributed by atoms with E-state index in [-0.39, 0.29) is 17.6 Å². The first-order valence-corrected chi connectivity index (χ1v) is 5.89. The Hall–Kier alpha value is -1.55. The number of para-hydroxylation sites is 1. The lowest BCUT2D eigenvalue weighted by Crippen LogP contribution is -2.29. The quantitative estimate of drug-likeness (QED) is 0.698. The molecular formula is C13H20N2O2. The summed E-state index contributed by atoms with van der Waals surface area (Å²) in [4.78, 5) is 11.7. The Labute approximate surface area is 102 Å². The van der Waals surface area contributed by atoms with Crippen molar-refractivity contribution in [3.8, 4) is 5.75 Å². The number of nitrogens with two attached hydrogens (primary N) is 1. The van der Waals surface area contributed by atoms with E-state index in [1.165, 1.54) is 0 Å². The average molecular weight is 236 g/mol. The van der Waals surface area contributed by atoms with Crippen molar-refractivity contribution in [3.05, 3.63) is 29.8 Å². The fourth-order valence-corrected chi connectivity index (χ4v) is 1.57. The Morgan fingerprint density at radius 1 is 1.47 bits per heavy atom. The summed E-state index contributed by atoms with van der Waals surface area (Å²) in [6.45, 7) is 2.85. The van der Waals surface area contributed by atoms with Gasteiger partial charge in [-0.1, -0.05) is 25.1 Å². The standard InChI is InChI=1S/C13H20N2O2/c1-10(5-4-8-14)13(17)15-9-11-6-2-3-7-12(11)16/h2-3,6-7,10,16H,4-5,8-9,14H2,1H3,(H,15,17). The van der Waals surface area contributed by atoms with Crippen LogP contribution in [0.3, 0.4) is 0 Å². The van der Waals surface area contributed by atoms with Crippen molar-refractivity contribution in [2.75, 3.05) is 6.54 Å². The van der Waals surface area contributed by atoms with Crippen LogP contribution in [0.2, 0.25) is 0 Å². The molecule has 0 saturated heterocycles. The lowest BCUT2D eigenvalue weighted by Gasteiger charge is -2.12. The highest BCUT2D eigenvalue weighted by Crippen LogP contribution is 2.15. The summed E-state index contributed by atoms with van der Waals surface area (Å²) in [5, 5.41) is 12.3. The molecule has 17 heavy (non-hydrogen) atoms. The number of hydrogen-bond acceptors (Lipinski definition) is 3. The van der Waals surface area contributed by atoms with E-state index in [0.29, 0.717) is 13.1 Å². The number of amides is 1. The average Bonchev–Trinajstić information content (AvgIpc) is 2.34. The molecule has 0 radical (unpaired) electrons. The van der Waals surface area contributed by atoms with Crippen molar-refractivity contribution < 1.29 is 9.90 Å². The molecule has 1 rings (SSSR count). The lowest BCUT2D eigenvalue weighted by atomic mass is 10.0. The zero-order chi connectivity index (χ0) is 12.7. The third-order valence-corrected chi connectivity index (χ3v) is 2.73. The molecule has 1 aromatic rings. The highest BCUT2D eigenvalue weighted by atomic mass is 16.3. The van der Waals surface area contributed by atoms with Crippen LogP contribution in [0.5, 0.6) is 5.75 Å². The summed E-state index contributed by atoms with van der Waals surface area (Å²) in [6.07, 6.45) is 1.65. The minimum atomic E-state index is -0.0376. The molecule has 4 nitrogen and oxygen atoms in total. The monoisotopic (exact) mass is 236 g/mol. The maximum atomic E-state index is 11.7. The number of rotatable bonds is 6. The first kappa shape index (κ1) is 13.5. The largest absolute Gasteiger partial charge is 0.508 e. The Kier molecular flexibility index (Phi) is 5.49. The second-order valence-electron chi connectivity index (χ2n) is 4.18. The number of carbonyl (C=O) groups is 1. The molecule has 1 unspecified atom stereocenters. The van der Waals surface area contributed by atoms with Crippen molar-refractivity contribution in [2.45, 2.75) is 26.3 Å². The number of phenols is 1. The van der Waals surface area contributed by atoms with Gasteiger partial charge in [-0.25, -0.2) is 0 Å². The van der Waals surface area contributed by atoms with E-state index in [9.17, 15) is 9.90 Å². The highest BCUT2D eigenvalue weighted by molar-refractivity contribution is 5.78. The van der Waals surface area contributed by atoms with E-state index >= 15 is 0 Å². The SMILES string of the molecule is CC(CCCN)C(=O)NCc1ccccc1O. The first-order valence-electron chi connectivity index (χ1n) is 5.89. The van der Waals surface area contributed by atoms with Gasteiger partial charge < -0.3 is 16.2 Å². The van der Waals surface area contributed by atoms with Crippen LogP contribution in [0.1, 0.15) is 25.3 Å². The number of nitrogens with one attached hydrogen (secondary N) is 1. The summed E-state index contributed by atoms with van der Waals surface area (Å²) in [5.74, 6) is 0.175. The van der Waals surface area contributed by atoms with E-state index in [2.05, 4.69) is 5.32 Å². The van der Waals surface area contributed by atoms with Gasteiger partial charge in [0.05, 0.1) is 0 Å². The minimum Gasteiger partial charge on any atom is -0.508 e.